The molecule has 0 spiro atoms. The number of H-pyrrole nitrogens is 1. The number of hydrogen-bond acceptors (Lipinski definition) is 5. The molecule has 2 amide bonds. The Morgan fingerprint density at radius 2 is 2.00 bits per heavy atom. The molecular weight excluding hydrogens is 372 g/mol. The number of rotatable bonds is 3. The number of amides is 2. The lowest BCUT2D eigenvalue weighted by Crippen LogP contribution is -2.31. The number of aromatic nitrogens is 2. The predicted octanol–water partition coefficient (Wildman–Crippen LogP) is 2.97. The van der Waals surface area contributed by atoms with Crippen LogP contribution in [-0.2, 0) is 11.2 Å². The molecule has 0 unspecified atom stereocenters. The van der Waals surface area contributed by atoms with Gasteiger partial charge in [-0.1, -0.05) is 6.07 Å². The number of nitrogens with zero attached hydrogens (tertiary/aromatic N) is 2. The van der Waals surface area contributed by atoms with Gasteiger partial charge >= 0.3 is 0 Å². The quantitative estimate of drug-likeness (QED) is 0.717. The number of ether oxygens (including phenoxy) is 2. The van der Waals surface area contributed by atoms with Crippen molar-refractivity contribution in [3.63, 3.8) is 0 Å². The SMILES string of the molecule is CN1C(=O)CCc2cc(C(=O)Nc3[nH]ncc3-c3ccc4c(c3)OCO4)ccc21. The van der Waals surface area contributed by atoms with Crippen molar-refractivity contribution in [2.24, 2.45) is 0 Å². The van der Waals surface area contributed by atoms with E-state index in [4.69, 9.17) is 9.47 Å². The highest BCUT2D eigenvalue weighted by Gasteiger charge is 2.22. The minimum absolute atomic E-state index is 0.0838. The maximum atomic E-state index is 12.8. The molecule has 8 heteroatoms. The molecule has 0 aliphatic carbocycles. The van der Waals surface area contributed by atoms with Crippen molar-refractivity contribution in [3.8, 4) is 22.6 Å². The molecule has 29 heavy (non-hydrogen) atoms. The zero-order valence-electron chi connectivity index (χ0n) is 15.7. The normalized spacial score (nSPS) is 14.7. The zero-order valence-corrected chi connectivity index (χ0v) is 15.7. The van der Waals surface area contributed by atoms with Crippen LogP contribution in [0.1, 0.15) is 22.3 Å². The summed E-state index contributed by atoms with van der Waals surface area (Å²) in [6, 6.07) is 10.9. The molecule has 0 bridgehead atoms. The third-order valence-corrected chi connectivity index (χ3v) is 5.25. The van der Waals surface area contributed by atoms with Crippen molar-refractivity contribution < 1.29 is 19.1 Å². The highest BCUT2D eigenvalue weighted by Crippen LogP contribution is 2.37. The van der Waals surface area contributed by atoms with E-state index < -0.39 is 0 Å². The van der Waals surface area contributed by atoms with Crippen LogP contribution >= 0.6 is 0 Å². The van der Waals surface area contributed by atoms with Crippen LogP contribution in [0.15, 0.2) is 42.6 Å². The van der Waals surface area contributed by atoms with Gasteiger partial charge in [0.2, 0.25) is 12.7 Å². The number of hydrogen-bond donors (Lipinski definition) is 2. The minimum atomic E-state index is -0.251. The monoisotopic (exact) mass is 390 g/mol. The second kappa shape index (κ2) is 6.66. The summed E-state index contributed by atoms with van der Waals surface area (Å²) in [6.07, 6.45) is 2.73. The number of fused-ring (bicyclic) bond motifs is 2. The van der Waals surface area contributed by atoms with Gasteiger partial charge in [-0.15, -0.1) is 0 Å². The van der Waals surface area contributed by atoms with Crippen LogP contribution in [0.25, 0.3) is 11.1 Å². The van der Waals surface area contributed by atoms with Crippen molar-refractivity contribution in [1.82, 2.24) is 10.2 Å². The fourth-order valence-corrected chi connectivity index (χ4v) is 3.65. The number of carbonyl (C=O) groups excluding carboxylic acids is 2. The van der Waals surface area contributed by atoms with Crippen LogP contribution < -0.4 is 19.7 Å². The van der Waals surface area contributed by atoms with E-state index in [0.717, 1.165) is 22.4 Å². The Labute approximate surface area is 166 Å². The van der Waals surface area contributed by atoms with Crippen molar-refractivity contribution in [1.29, 1.82) is 0 Å². The maximum absolute atomic E-state index is 12.8. The number of benzene rings is 2. The average Bonchev–Trinajstić information content (AvgIpc) is 3.39. The topological polar surface area (TPSA) is 96.6 Å². The molecule has 0 saturated heterocycles. The van der Waals surface area contributed by atoms with Crippen molar-refractivity contribution in [3.05, 3.63) is 53.7 Å². The summed E-state index contributed by atoms with van der Waals surface area (Å²) < 4.78 is 10.8. The molecule has 2 aliphatic rings. The molecule has 5 rings (SSSR count). The lowest BCUT2D eigenvalue weighted by Gasteiger charge is -2.26. The lowest BCUT2D eigenvalue weighted by molar-refractivity contribution is -0.118. The van der Waals surface area contributed by atoms with E-state index in [2.05, 4.69) is 15.5 Å². The first kappa shape index (κ1) is 17.3. The molecule has 8 nitrogen and oxygen atoms in total. The third kappa shape index (κ3) is 2.98. The summed E-state index contributed by atoms with van der Waals surface area (Å²) in [5.74, 6) is 1.69. The van der Waals surface area contributed by atoms with Gasteiger partial charge in [0, 0.05) is 30.3 Å². The van der Waals surface area contributed by atoms with Crippen molar-refractivity contribution in [2.45, 2.75) is 12.8 Å². The largest absolute Gasteiger partial charge is 0.454 e. The fraction of sp³-hybridized carbons (Fsp3) is 0.190. The van der Waals surface area contributed by atoms with E-state index in [-0.39, 0.29) is 18.6 Å². The second-order valence-corrected chi connectivity index (χ2v) is 6.98. The van der Waals surface area contributed by atoms with Gasteiger partial charge in [-0.05, 0) is 47.9 Å². The van der Waals surface area contributed by atoms with Crippen LogP contribution in [0.4, 0.5) is 11.5 Å². The molecule has 0 fully saturated rings. The molecule has 146 valence electrons. The van der Waals surface area contributed by atoms with Gasteiger partial charge in [0.05, 0.1) is 6.20 Å². The van der Waals surface area contributed by atoms with E-state index in [1.165, 1.54) is 0 Å². The molecular formula is C21H18N4O4. The maximum Gasteiger partial charge on any atom is 0.256 e. The third-order valence-electron chi connectivity index (χ3n) is 5.25. The number of carbonyl (C=O) groups is 2. The molecule has 2 aliphatic heterocycles. The highest BCUT2D eigenvalue weighted by atomic mass is 16.7. The van der Waals surface area contributed by atoms with Gasteiger partial charge in [0.15, 0.2) is 11.5 Å². The molecule has 0 radical (unpaired) electrons. The van der Waals surface area contributed by atoms with Gasteiger partial charge in [0.25, 0.3) is 5.91 Å². The van der Waals surface area contributed by atoms with Gasteiger partial charge in [-0.25, -0.2) is 0 Å². The summed E-state index contributed by atoms with van der Waals surface area (Å²) in [5.41, 5.74) is 3.96. The molecule has 3 aromatic rings. The van der Waals surface area contributed by atoms with Crippen LogP contribution in [0.3, 0.4) is 0 Å². The highest BCUT2D eigenvalue weighted by molar-refractivity contribution is 6.06. The minimum Gasteiger partial charge on any atom is -0.454 e. The number of aromatic amines is 1. The van der Waals surface area contributed by atoms with E-state index >= 15 is 0 Å². The number of aryl methyl sites for hydroxylation is 1. The van der Waals surface area contributed by atoms with Gasteiger partial charge in [0.1, 0.15) is 5.82 Å². The summed E-state index contributed by atoms with van der Waals surface area (Å²) in [4.78, 5) is 26.3. The molecule has 0 saturated carbocycles. The van der Waals surface area contributed by atoms with Crippen molar-refractivity contribution in [2.75, 3.05) is 24.1 Å². The van der Waals surface area contributed by atoms with Crippen LogP contribution in [-0.4, -0.2) is 35.9 Å². The van der Waals surface area contributed by atoms with Gasteiger partial charge < -0.3 is 19.7 Å². The standard InChI is InChI=1S/C21H18N4O4/c1-25-16-5-2-14(8-13(16)4-7-19(25)26)21(27)23-20-15(10-22-24-20)12-3-6-17-18(9-12)29-11-28-17/h2-3,5-6,8-10H,4,7,11H2,1H3,(H2,22,23,24,27). The van der Waals surface area contributed by atoms with Crippen LogP contribution in [0, 0.1) is 0 Å². The zero-order chi connectivity index (χ0) is 20.0. The predicted molar refractivity (Wildman–Crippen MR) is 106 cm³/mol. The lowest BCUT2D eigenvalue weighted by atomic mass is 9.99. The molecule has 2 N–H and O–H groups in total. The first-order valence-corrected chi connectivity index (χ1v) is 9.24. The molecule has 1 aromatic heterocycles. The second-order valence-electron chi connectivity index (χ2n) is 6.98. The van der Waals surface area contributed by atoms with E-state index in [1.54, 1.807) is 24.2 Å². The van der Waals surface area contributed by atoms with E-state index in [9.17, 15) is 9.59 Å². The van der Waals surface area contributed by atoms with E-state index in [0.29, 0.717) is 35.7 Å². The first-order chi connectivity index (χ1) is 14.1. The van der Waals surface area contributed by atoms with Crippen LogP contribution in [0.2, 0.25) is 0 Å². The number of anilines is 2. The van der Waals surface area contributed by atoms with Gasteiger partial charge in [-0.3, -0.25) is 14.7 Å². The summed E-state index contributed by atoms with van der Waals surface area (Å²) in [5, 5.41) is 9.80. The van der Waals surface area contributed by atoms with Crippen molar-refractivity contribution >= 4 is 23.3 Å². The molecule has 2 aromatic carbocycles. The molecule has 3 heterocycles. The Balaban J connectivity index is 1.40. The fourth-order valence-electron chi connectivity index (χ4n) is 3.65. The average molecular weight is 390 g/mol. The Bertz CT molecular complexity index is 1140. The van der Waals surface area contributed by atoms with E-state index in [1.807, 2.05) is 30.3 Å². The Hall–Kier alpha value is -3.81. The smallest absolute Gasteiger partial charge is 0.256 e. The summed E-state index contributed by atoms with van der Waals surface area (Å²) in [7, 11) is 1.75. The number of nitrogens with one attached hydrogen (secondary N) is 2. The summed E-state index contributed by atoms with van der Waals surface area (Å²) >= 11 is 0. The van der Waals surface area contributed by atoms with Gasteiger partial charge in [-0.2, -0.15) is 5.10 Å². The Morgan fingerprint density at radius 3 is 2.90 bits per heavy atom. The Kier molecular flexibility index (Phi) is 3.97. The first-order valence-electron chi connectivity index (χ1n) is 9.24. The van der Waals surface area contributed by atoms with Crippen LogP contribution in [0.5, 0.6) is 11.5 Å². The summed E-state index contributed by atoms with van der Waals surface area (Å²) in [6.45, 7) is 0.201. The Morgan fingerprint density at radius 1 is 1.14 bits per heavy atom. The molecule has 0 atom stereocenters.